The van der Waals surface area contributed by atoms with Gasteiger partial charge in [0.05, 0.1) is 16.7 Å². The molecule has 7 nitrogen and oxygen atoms in total. The first-order chi connectivity index (χ1) is 8.97. The fourth-order valence-corrected chi connectivity index (χ4v) is 1.85. The van der Waals surface area contributed by atoms with Gasteiger partial charge in [-0.2, -0.15) is 0 Å². The van der Waals surface area contributed by atoms with Crippen LogP contribution in [0.25, 0.3) is 0 Å². The molecule has 1 unspecified atom stereocenters. The number of carbonyl (C=O) groups excluding carboxylic acids is 1. The van der Waals surface area contributed by atoms with Crippen molar-refractivity contribution in [1.29, 1.82) is 0 Å². The molecule has 1 aliphatic carbocycles. The molecule has 1 aromatic rings. The van der Waals surface area contributed by atoms with Gasteiger partial charge < -0.3 is 16.2 Å². The van der Waals surface area contributed by atoms with Crippen molar-refractivity contribution in [2.75, 3.05) is 5.32 Å². The number of carbonyl (C=O) groups is 1. The first-order valence-electron chi connectivity index (χ1n) is 6.00. The minimum atomic E-state index is -0.617. The molecule has 0 radical (unpaired) electrons. The van der Waals surface area contributed by atoms with E-state index in [4.69, 9.17) is 5.73 Å². The summed E-state index contributed by atoms with van der Waals surface area (Å²) in [5.41, 5.74) is 5.74. The van der Waals surface area contributed by atoms with Crippen LogP contribution in [0.1, 0.15) is 19.3 Å². The lowest BCUT2D eigenvalue weighted by atomic mass is 10.1. The molecule has 0 saturated heterocycles. The van der Waals surface area contributed by atoms with Crippen LogP contribution < -0.4 is 11.1 Å². The van der Waals surface area contributed by atoms with Crippen LogP contribution in [-0.4, -0.2) is 22.0 Å². The molecule has 0 heterocycles. The monoisotopic (exact) mass is 265 g/mol. The van der Waals surface area contributed by atoms with Gasteiger partial charge in [0, 0.05) is 18.5 Å². The Bertz CT molecular complexity index is 514. The van der Waals surface area contributed by atoms with Crippen molar-refractivity contribution in [3.8, 4) is 5.75 Å². The molecule has 102 valence electrons. The van der Waals surface area contributed by atoms with Gasteiger partial charge in [-0.05, 0) is 24.8 Å². The Hall–Kier alpha value is -2.15. The molecule has 0 aliphatic heterocycles. The summed E-state index contributed by atoms with van der Waals surface area (Å²) in [6, 6.07) is 3.35. The first kappa shape index (κ1) is 13.3. The van der Waals surface area contributed by atoms with Gasteiger partial charge in [-0.25, -0.2) is 0 Å². The highest BCUT2D eigenvalue weighted by Gasteiger charge is 2.29. The topological polar surface area (TPSA) is 118 Å². The summed E-state index contributed by atoms with van der Waals surface area (Å²) < 4.78 is 0. The van der Waals surface area contributed by atoms with E-state index < -0.39 is 4.92 Å². The maximum Gasteiger partial charge on any atom is 0.273 e. The molecule has 2 rings (SSSR count). The molecule has 1 saturated carbocycles. The molecular weight excluding hydrogens is 250 g/mol. The van der Waals surface area contributed by atoms with Gasteiger partial charge in [0.25, 0.3) is 5.69 Å². The predicted octanol–water partition coefficient (Wildman–Crippen LogP) is 1.37. The van der Waals surface area contributed by atoms with Crippen molar-refractivity contribution >= 4 is 17.3 Å². The van der Waals surface area contributed by atoms with Gasteiger partial charge in [0.15, 0.2) is 0 Å². The minimum Gasteiger partial charge on any atom is -0.506 e. The number of nitrogens with one attached hydrogen (secondary N) is 1. The van der Waals surface area contributed by atoms with Crippen LogP contribution in [0.4, 0.5) is 11.4 Å². The second-order valence-corrected chi connectivity index (χ2v) is 4.71. The van der Waals surface area contributed by atoms with Gasteiger partial charge in [0.1, 0.15) is 5.75 Å². The summed E-state index contributed by atoms with van der Waals surface area (Å²) in [6.45, 7) is 0. The highest BCUT2D eigenvalue weighted by molar-refractivity contribution is 5.92. The standard InChI is InChI=1S/C12H15N3O4/c13-9(7-1-2-7)6-12(17)14-10-4-3-8(15(18)19)5-11(10)16/h3-5,7,9,16H,1-2,6,13H2,(H,14,17). The van der Waals surface area contributed by atoms with Crippen LogP contribution in [0.5, 0.6) is 5.75 Å². The van der Waals surface area contributed by atoms with Gasteiger partial charge in [0.2, 0.25) is 5.91 Å². The van der Waals surface area contributed by atoms with Crippen LogP contribution >= 0.6 is 0 Å². The van der Waals surface area contributed by atoms with Gasteiger partial charge in [-0.1, -0.05) is 0 Å². The highest BCUT2D eigenvalue weighted by atomic mass is 16.6. The number of nitro benzene ring substituents is 1. The minimum absolute atomic E-state index is 0.151. The zero-order valence-electron chi connectivity index (χ0n) is 10.2. The Labute approximate surface area is 109 Å². The lowest BCUT2D eigenvalue weighted by Gasteiger charge is -2.11. The highest BCUT2D eigenvalue weighted by Crippen LogP contribution is 2.33. The lowest BCUT2D eigenvalue weighted by Crippen LogP contribution is -2.28. The maximum absolute atomic E-state index is 11.7. The van der Waals surface area contributed by atoms with E-state index in [0.29, 0.717) is 5.92 Å². The maximum atomic E-state index is 11.7. The number of nitrogens with zero attached hydrogens (tertiary/aromatic N) is 1. The van der Waals surface area contributed by atoms with Crippen molar-refractivity contribution < 1.29 is 14.8 Å². The number of non-ortho nitro benzene ring substituents is 1. The third-order valence-electron chi connectivity index (χ3n) is 3.11. The summed E-state index contributed by atoms with van der Waals surface area (Å²) in [7, 11) is 0. The summed E-state index contributed by atoms with van der Waals surface area (Å²) in [5.74, 6) is -0.220. The number of phenolic OH excluding ortho intramolecular Hbond substituents is 1. The number of rotatable bonds is 5. The van der Waals surface area contributed by atoms with E-state index in [0.717, 1.165) is 18.9 Å². The fourth-order valence-electron chi connectivity index (χ4n) is 1.85. The third-order valence-corrected chi connectivity index (χ3v) is 3.11. The third kappa shape index (κ3) is 3.41. The summed E-state index contributed by atoms with van der Waals surface area (Å²) in [4.78, 5) is 21.6. The molecule has 1 amide bonds. The quantitative estimate of drug-likeness (QED) is 0.422. The SMILES string of the molecule is NC(CC(=O)Nc1ccc([N+](=O)[O-])cc1O)C1CC1. The van der Waals surface area contributed by atoms with Crippen molar-refractivity contribution in [3.05, 3.63) is 28.3 Å². The molecular formula is C12H15N3O4. The van der Waals surface area contributed by atoms with E-state index in [-0.39, 0.29) is 35.5 Å². The summed E-state index contributed by atoms with van der Waals surface area (Å²) in [5, 5.41) is 22.6. The largest absolute Gasteiger partial charge is 0.506 e. The molecule has 4 N–H and O–H groups in total. The van der Waals surface area contributed by atoms with E-state index in [9.17, 15) is 20.0 Å². The average molecular weight is 265 g/mol. The second-order valence-electron chi connectivity index (χ2n) is 4.71. The van der Waals surface area contributed by atoms with Gasteiger partial charge >= 0.3 is 0 Å². The number of aromatic hydroxyl groups is 1. The van der Waals surface area contributed by atoms with Crippen LogP contribution in [0, 0.1) is 16.0 Å². The molecule has 1 atom stereocenters. The van der Waals surface area contributed by atoms with Gasteiger partial charge in [-0.15, -0.1) is 0 Å². The Kier molecular flexibility index (Phi) is 3.66. The zero-order chi connectivity index (χ0) is 14.0. The zero-order valence-corrected chi connectivity index (χ0v) is 10.2. The number of nitrogens with two attached hydrogens (primary N) is 1. The average Bonchev–Trinajstić information content (AvgIpc) is 3.15. The second kappa shape index (κ2) is 5.23. The first-order valence-corrected chi connectivity index (χ1v) is 6.00. The molecule has 0 spiro atoms. The number of nitro groups is 1. The van der Waals surface area contributed by atoms with Crippen molar-refractivity contribution in [2.45, 2.75) is 25.3 Å². The van der Waals surface area contributed by atoms with Crippen LogP contribution in [0.3, 0.4) is 0 Å². The van der Waals surface area contributed by atoms with Crippen molar-refractivity contribution in [2.24, 2.45) is 11.7 Å². The smallest absolute Gasteiger partial charge is 0.273 e. The van der Waals surface area contributed by atoms with E-state index >= 15 is 0 Å². The normalized spacial score (nSPS) is 15.8. The molecule has 7 heteroatoms. The summed E-state index contributed by atoms with van der Waals surface area (Å²) in [6.07, 6.45) is 2.29. The Morgan fingerprint density at radius 3 is 2.79 bits per heavy atom. The lowest BCUT2D eigenvalue weighted by molar-refractivity contribution is -0.384. The van der Waals surface area contributed by atoms with Crippen LogP contribution in [0.2, 0.25) is 0 Å². The Morgan fingerprint density at radius 1 is 1.58 bits per heavy atom. The summed E-state index contributed by atoms with van der Waals surface area (Å²) >= 11 is 0. The Morgan fingerprint density at radius 2 is 2.26 bits per heavy atom. The van der Waals surface area contributed by atoms with Crippen LogP contribution in [-0.2, 0) is 4.79 Å². The molecule has 0 aromatic heterocycles. The van der Waals surface area contributed by atoms with Crippen molar-refractivity contribution in [3.63, 3.8) is 0 Å². The number of hydrogen-bond donors (Lipinski definition) is 3. The molecule has 1 aromatic carbocycles. The van der Waals surface area contributed by atoms with E-state index in [1.807, 2.05) is 0 Å². The number of amides is 1. The van der Waals surface area contributed by atoms with E-state index in [1.165, 1.54) is 12.1 Å². The number of anilines is 1. The van der Waals surface area contributed by atoms with Crippen LogP contribution in [0.15, 0.2) is 18.2 Å². The van der Waals surface area contributed by atoms with E-state index in [2.05, 4.69) is 5.32 Å². The number of benzene rings is 1. The molecule has 1 aliphatic rings. The number of hydrogen-bond acceptors (Lipinski definition) is 5. The predicted molar refractivity (Wildman–Crippen MR) is 68.7 cm³/mol. The molecule has 1 fully saturated rings. The molecule has 19 heavy (non-hydrogen) atoms. The van der Waals surface area contributed by atoms with E-state index in [1.54, 1.807) is 0 Å². The number of phenols is 1. The Balaban J connectivity index is 1.98. The van der Waals surface area contributed by atoms with Crippen molar-refractivity contribution in [1.82, 2.24) is 0 Å². The van der Waals surface area contributed by atoms with Gasteiger partial charge in [-0.3, -0.25) is 14.9 Å². The molecule has 0 bridgehead atoms. The fraction of sp³-hybridized carbons (Fsp3) is 0.417.